The highest BCUT2D eigenvalue weighted by Crippen LogP contribution is 2.54. The minimum atomic E-state index is 0.571. The lowest BCUT2D eigenvalue weighted by molar-refractivity contribution is 0.0832. The lowest BCUT2D eigenvalue weighted by Gasteiger charge is -2.49. The summed E-state index contributed by atoms with van der Waals surface area (Å²) < 4.78 is 0. The van der Waals surface area contributed by atoms with Gasteiger partial charge in [0.2, 0.25) is 0 Å². The average molecular weight is 204 g/mol. The monoisotopic (exact) mass is 204 g/mol. The summed E-state index contributed by atoms with van der Waals surface area (Å²) in [5, 5.41) is 0. The van der Waals surface area contributed by atoms with Crippen molar-refractivity contribution in [1.29, 1.82) is 0 Å². The van der Waals surface area contributed by atoms with Crippen LogP contribution in [0.4, 0.5) is 0 Å². The van der Waals surface area contributed by atoms with Crippen molar-refractivity contribution in [3.8, 4) is 0 Å². The van der Waals surface area contributed by atoms with E-state index in [4.69, 9.17) is 0 Å². The first-order valence-electron chi connectivity index (χ1n) is 6.36. The molecule has 0 radical (unpaired) electrons. The van der Waals surface area contributed by atoms with Crippen LogP contribution in [0.5, 0.6) is 0 Å². The molecule has 0 aliphatic heterocycles. The second kappa shape index (κ2) is 3.81. The zero-order chi connectivity index (χ0) is 11.1. The fourth-order valence-electron chi connectivity index (χ4n) is 3.66. The van der Waals surface area contributed by atoms with Gasteiger partial charge in [0, 0.05) is 0 Å². The van der Waals surface area contributed by atoms with Gasteiger partial charge in [-0.15, -0.1) is 0 Å². The molecule has 0 spiro atoms. The molecule has 0 aromatic carbocycles. The first-order valence-corrected chi connectivity index (χ1v) is 6.36. The highest BCUT2D eigenvalue weighted by molar-refractivity contribution is 5.15. The van der Waals surface area contributed by atoms with Crippen LogP contribution in [0.3, 0.4) is 0 Å². The van der Waals surface area contributed by atoms with Crippen molar-refractivity contribution in [2.24, 2.45) is 17.3 Å². The molecule has 0 amide bonds. The van der Waals surface area contributed by atoms with Crippen LogP contribution >= 0.6 is 0 Å². The second-order valence-corrected chi connectivity index (χ2v) is 6.04. The molecule has 0 aromatic heterocycles. The molecule has 2 rings (SSSR count). The lowest BCUT2D eigenvalue weighted by atomic mass is 9.56. The van der Waals surface area contributed by atoms with E-state index >= 15 is 0 Å². The molecular formula is C15H24. The molecule has 84 valence electrons. The zero-order valence-electron chi connectivity index (χ0n) is 10.3. The van der Waals surface area contributed by atoms with E-state index < -0.39 is 0 Å². The number of hydrogen-bond acceptors (Lipinski definition) is 0. The third-order valence-electron chi connectivity index (χ3n) is 4.86. The summed E-state index contributed by atoms with van der Waals surface area (Å²) in [6.45, 7) is 13.1. The van der Waals surface area contributed by atoms with Gasteiger partial charge in [-0.05, 0) is 62.7 Å². The summed E-state index contributed by atoms with van der Waals surface area (Å²) in [7, 11) is 0. The normalized spacial score (nSPS) is 41.1. The Bertz CT molecular complexity index is 286. The van der Waals surface area contributed by atoms with Gasteiger partial charge in [-0.2, -0.15) is 0 Å². The molecule has 0 bridgehead atoms. The minimum absolute atomic E-state index is 0.571. The van der Waals surface area contributed by atoms with Gasteiger partial charge in [0.1, 0.15) is 0 Å². The molecule has 0 heterocycles. The first-order chi connectivity index (χ1) is 7.03. The van der Waals surface area contributed by atoms with Crippen LogP contribution in [-0.4, -0.2) is 0 Å². The van der Waals surface area contributed by atoms with Crippen molar-refractivity contribution >= 4 is 0 Å². The Hall–Kier alpha value is -0.520. The third kappa shape index (κ3) is 1.91. The maximum atomic E-state index is 4.31. The molecule has 0 heteroatoms. The maximum absolute atomic E-state index is 4.31. The topological polar surface area (TPSA) is 0 Å². The molecule has 0 N–H and O–H groups in total. The van der Waals surface area contributed by atoms with E-state index in [0.29, 0.717) is 5.41 Å². The summed E-state index contributed by atoms with van der Waals surface area (Å²) in [5.74, 6) is 1.54. The summed E-state index contributed by atoms with van der Waals surface area (Å²) in [6.07, 6.45) is 8.11. The van der Waals surface area contributed by atoms with Crippen molar-refractivity contribution in [3.63, 3.8) is 0 Å². The number of fused-ring (bicyclic) bond motifs is 1. The quantitative estimate of drug-likeness (QED) is 0.542. The summed E-state index contributed by atoms with van der Waals surface area (Å²) in [6, 6.07) is 0. The molecule has 3 atom stereocenters. The van der Waals surface area contributed by atoms with E-state index in [1.807, 2.05) is 0 Å². The predicted octanol–water partition coefficient (Wildman–Crippen LogP) is 4.73. The van der Waals surface area contributed by atoms with Gasteiger partial charge in [-0.3, -0.25) is 0 Å². The molecule has 0 aromatic rings. The molecule has 0 unspecified atom stereocenters. The fourth-order valence-corrected chi connectivity index (χ4v) is 3.66. The van der Waals surface area contributed by atoms with Crippen LogP contribution in [0.1, 0.15) is 52.4 Å². The van der Waals surface area contributed by atoms with Crippen molar-refractivity contribution in [2.45, 2.75) is 52.4 Å². The van der Waals surface area contributed by atoms with Gasteiger partial charge in [0.25, 0.3) is 0 Å². The lowest BCUT2D eigenvalue weighted by Crippen LogP contribution is -2.38. The van der Waals surface area contributed by atoms with Crippen molar-refractivity contribution in [2.75, 3.05) is 0 Å². The third-order valence-corrected chi connectivity index (χ3v) is 4.86. The van der Waals surface area contributed by atoms with E-state index in [1.54, 1.807) is 0 Å². The van der Waals surface area contributed by atoms with E-state index in [2.05, 4.69) is 27.0 Å². The Balaban J connectivity index is 2.16. The smallest absolute Gasteiger partial charge is 0.0146 e. The maximum Gasteiger partial charge on any atom is -0.0146 e. The van der Waals surface area contributed by atoms with E-state index in [9.17, 15) is 0 Å². The Morgan fingerprint density at radius 2 is 2.13 bits per heavy atom. The first kappa shape index (κ1) is 11.0. The summed E-state index contributed by atoms with van der Waals surface area (Å²) >= 11 is 0. The Labute approximate surface area is 94.5 Å². The van der Waals surface area contributed by atoms with Crippen LogP contribution in [0, 0.1) is 17.3 Å². The molecule has 2 aliphatic carbocycles. The number of allylic oxidation sites excluding steroid dienone is 2. The van der Waals surface area contributed by atoms with E-state index in [-0.39, 0.29) is 0 Å². The molecule has 0 saturated heterocycles. The van der Waals surface area contributed by atoms with E-state index in [0.717, 1.165) is 11.8 Å². The van der Waals surface area contributed by atoms with Gasteiger partial charge in [0.15, 0.2) is 0 Å². The molecule has 2 aliphatic rings. The van der Waals surface area contributed by atoms with Gasteiger partial charge in [0.05, 0.1) is 0 Å². The fraction of sp³-hybridized carbons (Fsp3) is 0.733. The van der Waals surface area contributed by atoms with Gasteiger partial charge in [-0.25, -0.2) is 0 Å². The van der Waals surface area contributed by atoms with Crippen LogP contribution in [0.25, 0.3) is 0 Å². The van der Waals surface area contributed by atoms with Crippen molar-refractivity contribution in [3.05, 3.63) is 24.3 Å². The largest absolute Gasteiger partial charge is 0.0999 e. The Morgan fingerprint density at radius 1 is 1.40 bits per heavy atom. The molecular weight excluding hydrogens is 180 g/mol. The van der Waals surface area contributed by atoms with Gasteiger partial charge < -0.3 is 0 Å². The summed E-state index contributed by atoms with van der Waals surface area (Å²) in [4.78, 5) is 0. The Morgan fingerprint density at radius 3 is 2.80 bits per heavy atom. The van der Waals surface area contributed by atoms with Crippen molar-refractivity contribution in [1.82, 2.24) is 0 Å². The van der Waals surface area contributed by atoms with Crippen LogP contribution in [-0.2, 0) is 0 Å². The summed E-state index contributed by atoms with van der Waals surface area (Å²) in [5.41, 5.74) is 3.48. The second-order valence-electron chi connectivity index (χ2n) is 6.04. The van der Waals surface area contributed by atoms with Crippen LogP contribution in [0.2, 0.25) is 0 Å². The highest BCUT2D eigenvalue weighted by atomic mass is 14.5. The SMILES string of the molecule is C=C(C)[C@@H]1CC[C@]2(C)CCCC(=C)[C@H]2C1. The van der Waals surface area contributed by atoms with Crippen molar-refractivity contribution < 1.29 is 0 Å². The van der Waals surface area contributed by atoms with Gasteiger partial charge in [-0.1, -0.05) is 31.2 Å². The molecule has 0 nitrogen and oxygen atoms in total. The molecule has 15 heavy (non-hydrogen) atoms. The number of rotatable bonds is 1. The minimum Gasteiger partial charge on any atom is -0.0999 e. The van der Waals surface area contributed by atoms with Crippen LogP contribution < -0.4 is 0 Å². The Kier molecular flexibility index (Phi) is 2.79. The number of hydrogen-bond donors (Lipinski definition) is 0. The van der Waals surface area contributed by atoms with Gasteiger partial charge >= 0.3 is 0 Å². The standard InChI is InChI=1S/C15H24/c1-11(2)13-7-9-15(4)8-5-6-12(3)14(15)10-13/h13-14H,1,3,5-10H2,2,4H3/t13-,14-,15+/m1/s1. The zero-order valence-corrected chi connectivity index (χ0v) is 10.3. The predicted molar refractivity (Wildman–Crippen MR) is 66.7 cm³/mol. The average Bonchev–Trinajstić information content (AvgIpc) is 2.17. The highest BCUT2D eigenvalue weighted by Gasteiger charge is 2.42. The molecule has 2 saturated carbocycles. The van der Waals surface area contributed by atoms with E-state index in [1.165, 1.54) is 49.7 Å². The van der Waals surface area contributed by atoms with Crippen LogP contribution in [0.15, 0.2) is 24.3 Å². The molecule has 2 fully saturated rings.